The van der Waals surface area contributed by atoms with Crippen molar-refractivity contribution in [3.8, 4) is 0 Å². The van der Waals surface area contributed by atoms with Crippen molar-refractivity contribution >= 4 is 0 Å². The zero-order valence-corrected chi connectivity index (χ0v) is 13.2. The van der Waals surface area contributed by atoms with Gasteiger partial charge in [0, 0.05) is 31.7 Å². The van der Waals surface area contributed by atoms with E-state index < -0.39 is 0 Å². The summed E-state index contributed by atoms with van der Waals surface area (Å²) in [5, 5.41) is 23.3. The van der Waals surface area contributed by atoms with Gasteiger partial charge >= 0.3 is 0 Å². The van der Waals surface area contributed by atoms with Gasteiger partial charge < -0.3 is 15.5 Å². The van der Waals surface area contributed by atoms with Gasteiger partial charge in [0.1, 0.15) is 0 Å². The Hall–Kier alpha value is -0.160. The smallest absolute Gasteiger partial charge is 0.0571 e. The van der Waals surface area contributed by atoms with E-state index in [0.717, 1.165) is 26.1 Å². The van der Waals surface area contributed by atoms with Crippen LogP contribution in [0.1, 0.15) is 51.4 Å². The molecule has 1 saturated heterocycles. The van der Waals surface area contributed by atoms with Gasteiger partial charge in [-0.15, -0.1) is 0 Å². The molecule has 21 heavy (non-hydrogen) atoms. The summed E-state index contributed by atoms with van der Waals surface area (Å²) < 4.78 is 0. The lowest BCUT2D eigenvalue weighted by atomic mass is 9.88. The zero-order valence-electron chi connectivity index (χ0n) is 13.2. The van der Waals surface area contributed by atoms with Crippen molar-refractivity contribution in [3.05, 3.63) is 0 Å². The van der Waals surface area contributed by atoms with E-state index in [2.05, 4.69) is 10.2 Å². The lowest BCUT2D eigenvalue weighted by Crippen LogP contribution is -2.52. The van der Waals surface area contributed by atoms with Gasteiger partial charge in [0.2, 0.25) is 0 Å². The molecule has 3 atom stereocenters. The van der Waals surface area contributed by atoms with E-state index in [1.807, 2.05) is 0 Å². The first-order chi connectivity index (χ1) is 10.2. The Kier molecular flexibility index (Phi) is 5.54. The van der Waals surface area contributed by atoms with E-state index in [0.29, 0.717) is 23.9 Å². The van der Waals surface area contributed by atoms with Crippen LogP contribution in [0.15, 0.2) is 0 Å². The highest BCUT2D eigenvalue weighted by Gasteiger charge is 2.35. The molecule has 3 aliphatic rings. The third-order valence-corrected chi connectivity index (χ3v) is 5.60. The van der Waals surface area contributed by atoms with E-state index in [9.17, 15) is 10.2 Å². The number of piperidine rings is 1. The van der Waals surface area contributed by atoms with E-state index in [1.54, 1.807) is 0 Å². The van der Waals surface area contributed by atoms with Crippen molar-refractivity contribution in [1.82, 2.24) is 10.2 Å². The highest BCUT2D eigenvalue weighted by molar-refractivity contribution is 4.90. The minimum absolute atomic E-state index is 0.0868. The molecule has 0 aromatic rings. The summed E-state index contributed by atoms with van der Waals surface area (Å²) in [5.74, 6) is 1.17. The van der Waals surface area contributed by atoms with Crippen molar-refractivity contribution in [2.24, 2.45) is 11.8 Å². The average Bonchev–Trinajstić information content (AvgIpc) is 3.18. The quantitative estimate of drug-likeness (QED) is 0.664. The molecule has 3 rings (SSSR count). The van der Waals surface area contributed by atoms with E-state index in [-0.39, 0.29) is 12.7 Å². The first-order valence-corrected chi connectivity index (χ1v) is 9.02. The number of hydrogen-bond donors (Lipinski definition) is 3. The Bertz CT molecular complexity index is 304. The highest BCUT2D eigenvalue weighted by Crippen LogP contribution is 2.36. The van der Waals surface area contributed by atoms with Crippen LogP contribution in [-0.4, -0.2) is 59.5 Å². The van der Waals surface area contributed by atoms with E-state index in [1.165, 1.54) is 44.9 Å². The number of nitrogens with zero attached hydrogens (tertiary/aromatic N) is 1. The molecule has 0 bridgehead atoms. The standard InChI is InChI=1S/C17H32N2O2/c20-8-7-19-11-13(10-17(21)14-5-6-14)9-16(12-19)18-15-3-1-2-4-15/h13-18,20-21H,1-12H2. The van der Waals surface area contributed by atoms with Gasteiger partial charge in [-0.2, -0.15) is 0 Å². The van der Waals surface area contributed by atoms with Crippen LogP contribution >= 0.6 is 0 Å². The fourth-order valence-electron chi connectivity index (χ4n) is 4.36. The first-order valence-electron chi connectivity index (χ1n) is 9.02. The molecular weight excluding hydrogens is 264 g/mol. The molecule has 0 radical (unpaired) electrons. The molecule has 4 nitrogen and oxygen atoms in total. The van der Waals surface area contributed by atoms with Crippen LogP contribution in [-0.2, 0) is 0 Å². The van der Waals surface area contributed by atoms with Gasteiger partial charge in [0.05, 0.1) is 12.7 Å². The second-order valence-corrected chi connectivity index (χ2v) is 7.57. The van der Waals surface area contributed by atoms with Crippen LogP contribution in [0, 0.1) is 11.8 Å². The van der Waals surface area contributed by atoms with E-state index >= 15 is 0 Å². The molecule has 0 aromatic carbocycles. The van der Waals surface area contributed by atoms with Crippen molar-refractivity contribution in [2.75, 3.05) is 26.2 Å². The number of hydrogen-bond acceptors (Lipinski definition) is 4. The monoisotopic (exact) mass is 296 g/mol. The number of nitrogens with one attached hydrogen (secondary N) is 1. The molecule has 3 unspecified atom stereocenters. The minimum Gasteiger partial charge on any atom is -0.395 e. The molecule has 0 aromatic heterocycles. The number of β-amino-alcohol motifs (C(OH)–C–C–N with tert-alkyl or cyclic N) is 1. The van der Waals surface area contributed by atoms with Crippen molar-refractivity contribution in [1.29, 1.82) is 0 Å². The van der Waals surface area contributed by atoms with Crippen molar-refractivity contribution in [3.63, 3.8) is 0 Å². The third kappa shape index (κ3) is 4.65. The van der Waals surface area contributed by atoms with Gasteiger partial charge in [0.15, 0.2) is 0 Å². The SMILES string of the molecule is OCCN1CC(CC(O)C2CC2)CC(NC2CCCC2)C1. The first kappa shape index (κ1) is 15.7. The Morgan fingerprint density at radius 2 is 1.81 bits per heavy atom. The molecule has 0 spiro atoms. The number of aliphatic hydroxyl groups excluding tert-OH is 2. The van der Waals surface area contributed by atoms with Crippen LogP contribution in [0.4, 0.5) is 0 Å². The number of rotatable bonds is 7. The summed E-state index contributed by atoms with van der Waals surface area (Å²) in [6, 6.07) is 1.25. The zero-order chi connectivity index (χ0) is 14.7. The molecule has 0 amide bonds. The second-order valence-electron chi connectivity index (χ2n) is 7.57. The van der Waals surface area contributed by atoms with E-state index in [4.69, 9.17) is 0 Å². The van der Waals surface area contributed by atoms with Crippen LogP contribution in [0.25, 0.3) is 0 Å². The number of likely N-dealkylation sites (tertiary alicyclic amines) is 1. The molecule has 2 saturated carbocycles. The lowest BCUT2D eigenvalue weighted by Gasteiger charge is -2.39. The topological polar surface area (TPSA) is 55.7 Å². The minimum atomic E-state index is -0.0868. The predicted octanol–water partition coefficient (Wildman–Crippen LogP) is 1.36. The maximum Gasteiger partial charge on any atom is 0.0571 e. The molecule has 4 heteroatoms. The van der Waals surface area contributed by atoms with Gasteiger partial charge in [-0.3, -0.25) is 4.90 Å². The third-order valence-electron chi connectivity index (χ3n) is 5.60. The molecule has 2 aliphatic carbocycles. The second kappa shape index (κ2) is 7.40. The van der Waals surface area contributed by atoms with Crippen LogP contribution < -0.4 is 5.32 Å². The molecule has 1 heterocycles. The molecule has 3 fully saturated rings. The summed E-state index contributed by atoms with van der Waals surface area (Å²) in [4.78, 5) is 2.39. The van der Waals surface area contributed by atoms with Crippen molar-refractivity contribution in [2.45, 2.75) is 69.6 Å². The summed E-state index contributed by atoms with van der Waals surface area (Å²) in [5.41, 5.74) is 0. The van der Waals surface area contributed by atoms with Crippen LogP contribution in [0.3, 0.4) is 0 Å². The normalized spacial score (nSPS) is 33.4. The summed E-state index contributed by atoms with van der Waals surface area (Å²) in [7, 11) is 0. The van der Waals surface area contributed by atoms with Gasteiger partial charge in [-0.05, 0) is 50.4 Å². The van der Waals surface area contributed by atoms with Crippen LogP contribution in [0.2, 0.25) is 0 Å². The highest BCUT2D eigenvalue weighted by atomic mass is 16.3. The van der Waals surface area contributed by atoms with Crippen molar-refractivity contribution < 1.29 is 10.2 Å². The van der Waals surface area contributed by atoms with Gasteiger partial charge in [-0.25, -0.2) is 0 Å². The molecular formula is C17H32N2O2. The summed E-state index contributed by atoms with van der Waals surface area (Å²) in [6.45, 7) is 3.13. The maximum absolute atomic E-state index is 10.2. The number of aliphatic hydroxyl groups is 2. The van der Waals surface area contributed by atoms with Gasteiger partial charge in [-0.1, -0.05) is 12.8 Å². The van der Waals surface area contributed by atoms with Gasteiger partial charge in [0.25, 0.3) is 0 Å². The molecule has 1 aliphatic heterocycles. The Labute approximate surface area is 128 Å². The molecule has 122 valence electrons. The largest absolute Gasteiger partial charge is 0.395 e. The average molecular weight is 296 g/mol. The van der Waals surface area contributed by atoms with Crippen LogP contribution in [0.5, 0.6) is 0 Å². The maximum atomic E-state index is 10.2. The Morgan fingerprint density at radius 3 is 2.48 bits per heavy atom. The fourth-order valence-corrected chi connectivity index (χ4v) is 4.36. The lowest BCUT2D eigenvalue weighted by molar-refractivity contribution is 0.0653. The summed E-state index contributed by atoms with van der Waals surface area (Å²) in [6.07, 6.45) is 9.89. The Morgan fingerprint density at radius 1 is 1.05 bits per heavy atom. The predicted molar refractivity (Wildman–Crippen MR) is 84.2 cm³/mol. The summed E-state index contributed by atoms with van der Waals surface area (Å²) >= 11 is 0. The fraction of sp³-hybridized carbons (Fsp3) is 1.00. The Balaban J connectivity index is 1.51. The molecule has 3 N–H and O–H groups in total.